The van der Waals surface area contributed by atoms with E-state index in [0.29, 0.717) is 0 Å². The minimum Gasteiger partial charge on any atom is -0.382 e. The third-order valence-electron chi connectivity index (χ3n) is 3.55. The molecule has 0 amide bonds. The number of halogens is 1. The highest BCUT2D eigenvalue weighted by Crippen LogP contribution is 2.23. The van der Waals surface area contributed by atoms with E-state index in [-0.39, 0.29) is 24.0 Å². The van der Waals surface area contributed by atoms with E-state index in [1.165, 1.54) is 12.8 Å². The maximum atomic E-state index is 5.34. The molecular formula is C15H32IN3O. The summed E-state index contributed by atoms with van der Waals surface area (Å²) in [5.74, 6) is 2.69. The molecule has 0 bridgehead atoms. The molecule has 1 aliphatic heterocycles. The van der Waals surface area contributed by atoms with E-state index in [2.05, 4.69) is 29.1 Å². The van der Waals surface area contributed by atoms with Crippen molar-refractivity contribution in [3.05, 3.63) is 0 Å². The van der Waals surface area contributed by atoms with Crippen LogP contribution < -0.4 is 5.32 Å². The van der Waals surface area contributed by atoms with Crippen molar-refractivity contribution in [1.82, 2.24) is 10.2 Å². The van der Waals surface area contributed by atoms with E-state index in [0.717, 1.165) is 57.1 Å². The van der Waals surface area contributed by atoms with Crippen molar-refractivity contribution in [3.63, 3.8) is 0 Å². The van der Waals surface area contributed by atoms with E-state index in [4.69, 9.17) is 4.74 Å². The van der Waals surface area contributed by atoms with Crippen molar-refractivity contribution < 1.29 is 4.74 Å². The second kappa shape index (κ2) is 11.6. The van der Waals surface area contributed by atoms with E-state index in [1.54, 1.807) is 0 Å². The summed E-state index contributed by atoms with van der Waals surface area (Å²) < 4.78 is 5.34. The molecule has 120 valence electrons. The summed E-state index contributed by atoms with van der Waals surface area (Å²) in [7, 11) is 1.88. The van der Waals surface area contributed by atoms with E-state index < -0.39 is 0 Å². The van der Waals surface area contributed by atoms with E-state index in [9.17, 15) is 0 Å². The first kappa shape index (κ1) is 20.0. The average molecular weight is 397 g/mol. The Morgan fingerprint density at radius 2 is 2.20 bits per heavy atom. The zero-order valence-corrected chi connectivity index (χ0v) is 15.9. The van der Waals surface area contributed by atoms with Gasteiger partial charge in [0.1, 0.15) is 0 Å². The molecule has 5 heteroatoms. The number of aliphatic imine (C=N–C) groups is 1. The molecule has 0 aromatic rings. The number of likely N-dealkylation sites (tertiary alicyclic amines) is 1. The molecular weight excluding hydrogens is 365 g/mol. The lowest BCUT2D eigenvalue weighted by Gasteiger charge is -2.22. The number of guanidine groups is 1. The first-order valence-corrected chi connectivity index (χ1v) is 7.70. The second-order valence-corrected chi connectivity index (χ2v) is 5.75. The van der Waals surface area contributed by atoms with Crippen LogP contribution in [-0.4, -0.2) is 50.8 Å². The molecule has 0 aromatic carbocycles. The third-order valence-corrected chi connectivity index (χ3v) is 3.55. The van der Waals surface area contributed by atoms with Gasteiger partial charge in [0.05, 0.1) is 0 Å². The molecule has 0 radical (unpaired) electrons. The number of ether oxygens (including phenoxy) is 1. The predicted octanol–water partition coefficient (Wildman–Crippen LogP) is 2.97. The monoisotopic (exact) mass is 397 g/mol. The standard InChI is InChI=1S/C15H31N3O.HI/c1-5-19-10-6-8-17-15(16-4)18-9-7-14(12-18)11-13(2)3;/h13-14H,5-12H2,1-4H3,(H,16,17);1H. The maximum absolute atomic E-state index is 5.34. The molecule has 1 N–H and O–H groups in total. The smallest absolute Gasteiger partial charge is 0.193 e. The first-order chi connectivity index (χ1) is 9.17. The van der Waals surface area contributed by atoms with Gasteiger partial charge in [-0.15, -0.1) is 24.0 Å². The van der Waals surface area contributed by atoms with Gasteiger partial charge in [0.25, 0.3) is 0 Å². The molecule has 0 spiro atoms. The summed E-state index contributed by atoms with van der Waals surface area (Å²) in [6, 6.07) is 0. The van der Waals surface area contributed by atoms with Crippen molar-refractivity contribution in [1.29, 1.82) is 0 Å². The summed E-state index contributed by atoms with van der Waals surface area (Å²) in [5, 5.41) is 3.44. The lowest BCUT2D eigenvalue weighted by molar-refractivity contribution is 0.145. The van der Waals surface area contributed by atoms with Crippen molar-refractivity contribution >= 4 is 29.9 Å². The lowest BCUT2D eigenvalue weighted by atomic mass is 9.97. The van der Waals surface area contributed by atoms with Crippen LogP contribution in [-0.2, 0) is 4.74 Å². The Bertz CT molecular complexity index is 272. The van der Waals surface area contributed by atoms with Crippen LogP contribution in [0.15, 0.2) is 4.99 Å². The number of hydrogen-bond acceptors (Lipinski definition) is 2. The summed E-state index contributed by atoms with van der Waals surface area (Å²) in [4.78, 5) is 6.79. The van der Waals surface area contributed by atoms with Gasteiger partial charge in [-0.1, -0.05) is 13.8 Å². The van der Waals surface area contributed by atoms with Gasteiger partial charge in [0, 0.05) is 39.9 Å². The van der Waals surface area contributed by atoms with Crippen LogP contribution >= 0.6 is 24.0 Å². The van der Waals surface area contributed by atoms with Gasteiger partial charge >= 0.3 is 0 Å². The van der Waals surface area contributed by atoms with Gasteiger partial charge in [-0.3, -0.25) is 4.99 Å². The molecule has 1 rings (SSSR count). The summed E-state index contributed by atoms with van der Waals surface area (Å²) >= 11 is 0. The topological polar surface area (TPSA) is 36.9 Å². The fourth-order valence-electron chi connectivity index (χ4n) is 2.74. The van der Waals surface area contributed by atoms with Gasteiger partial charge < -0.3 is 15.0 Å². The van der Waals surface area contributed by atoms with Crippen LogP contribution in [0.5, 0.6) is 0 Å². The zero-order valence-electron chi connectivity index (χ0n) is 13.5. The maximum Gasteiger partial charge on any atom is 0.193 e. The summed E-state index contributed by atoms with van der Waals surface area (Å²) in [5.41, 5.74) is 0. The number of rotatable bonds is 7. The van der Waals surface area contributed by atoms with Crippen molar-refractivity contribution in [2.24, 2.45) is 16.8 Å². The second-order valence-electron chi connectivity index (χ2n) is 5.75. The Morgan fingerprint density at radius 3 is 2.80 bits per heavy atom. The molecule has 0 aliphatic carbocycles. The lowest BCUT2D eigenvalue weighted by Crippen LogP contribution is -2.40. The molecule has 1 unspecified atom stereocenters. The molecule has 1 heterocycles. The van der Waals surface area contributed by atoms with Crippen LogP contribution in [0, 0.1) is 11.8 Å². The van der Waals surface area contributed by atoms with Gasteiger partial charge in [-0.05, 0) is 38.0 Å². The third kappa shape index (κ3) is 7.67. The van der Waals surface area contributed by atoms with Crippen LogP contribution in [0.4, 0.5) is 0 Å². The highest BCUT2D eigenvalue weighted by atomic mass is 127. The molecule has 0 aromatic heterocycles. The summed E-state index contributed by atoms with van der Waals surface area (Å²) in [6.45, 7) is 11.5. The average Bonchev–Trinajstić information content (AvgIpc) is 2.81. The molecule has 1 atom stereocenters. The van der Waals surface area contributed by atoms with Crippen LogP contribution in [0.3, 0.4) is 0 Å². The largest absolute Gasteiger partial charge is 0.382 e. The highest BCUT2D eigenvalue weighted by Gasteiger charge is 2.24. The van der Waals surface area contributed by atoms with E-state index >= 15 is 0 Å². The Labute approximate surface area is 141 Å². The number of nitrogens with one attached hydrogen (secondary N) is 1. The van der Waals surface area contributed by atoms with Crippen LogP contribution in [0.2, 0.25) is 0 Å². The van der Waals surface area contributed by atoms with Crippen LogP contribution in [0.1, 0.15) is 40.0 Å². The molecule has 0 saturated carbocycles. The van der Waals surface area contributed by atoms with Crippen LogP contribution in [0.25, 0.3) is 0 Å². The molecule has 1 fully saturated rings. The fourth-order valence-corrected chi connectivity index (χ4v) is 2.74. The number of nitrogens with zero attached hydrogens (tertiary/aromatic N) is 2. The van der Waals surface area contributed by atoms with Gasteiger partial charge in [0.15, 0.2) is 5.96 Å². The molecule has 1 saturated heterocycles. The fraction of sp³-hybridized carbons (Fsp3) is 0.933. The molecule has 20 heavy (non-hydrogen) atoms. The molecule has 4 nitrogen and oxygen atoms in total. The van der Waals surface area contributed by atoms with E-state index in [1.807, 2.05) is 14.0 Å². The highest BCUT2D eigenvalue weighted by molar-refractivity contribution is 14.0. The van der Waals surface area contributed by atoms with Crippen molar-refractivity contribution in [2.45, 2.75) is 40.0 Å². The summed E-state index contributed by atoms with van der Waals surface area (Å²) in [6.07, 6.45) is 3.67. The quantitative estimate of drug-likeness (QED) is 0.311. The minimum atomic E-state index is 0. The first-order valence-electron chi connectivity index (χ1n) is 7.70. The minimum absolute atomic E-state index is 0. The van der Waals surface area contributed by atoms with Crippen molar-refractivity contribution in [2.75, 3.05) is 39.9 Å². The number of hydrogen-bond donors (Lipinski definition) is 1. The Kier molecular flexibility index (Phi) is 11.6. The van der Waals surface area contributed by atoms with Crippen molar-refractivity contribution in [3.8, 4) is 0 Å². The van der Waals surface area contributed by atoms with Gasteiger partial charge in [0.2, 0.25) is 0 Å². The Hall–Kier alpha value is -0.0400. The SMILES string of the molecule is CCOCCCNC(=NC)N1CCC(CC(C)C)C1.I. The Balaban J connectivity index is 0.00000361. The van der Waals surface area contributed by atoms with Gasteiger partial charge in [-0.25, -0.2) is 0 Å². The van der Waals surface area contributed by atoms with Gasteiger partial charge in [-0.2, -0.15) is 0 Å². The zero-order chi connectivity index (χ0) is 14.1. The Morgan fingerprint density at radius 1 is 1.45 bits per heavy atom. The molecule has 1 aliphatic rings. The normalized spacial score (nSPS) is 19.4. The predicted molar refractivity (Wildman–Crippen MR) is 97.0 cm³/mol.